The van der Waals surface area contributed by atoms with Crippen LogP contribution in [-0.4, -0.2) is 33.9 Å². The van der Waals surface area contributed by atoms with E-state index < -0.39 is 23.6 Å². The van der Waals surface area contributed by atoms with Crippen molar-refractivity contribution >= 4 is 40.9 Å². The van der Waals surface area contributed by atoms with Gasteiger partial charge in [-0.05, 0) is 81.9 Å². The number of thioether (sulfide) groups is 1. The molecule has 2 amide bonds. The molecule has 1 aliphatic heterocycles. The highest BCUT2D eigenvalue weighted by Gasteiger charge is 2.41. The van der Waals surface area contributed by atoms with Crippen molar-refractivity contribution in [3.8, 4) is 0 Å². The number of carbonyl (C=O) groups excluding carboxylic acids is 3. The fourth-order valence-corrected chi connectivity index (χ4v) is 4.49. The Bertz CT molecular complexity index is 1370. The summed E-state index contributed by atoms with van der Waals surface area (Å²) in [5.41, 5.74) is 1.98. The van der Waals surface area contributed by atoms with E-state index in [1.807, 2.05) is 0 Å². The summed E-state index contributed by atoms with van der Waals surface area (Å²) >= 11 is 0.924. The molecule has 8 nitrogen and oxygen atoms in total. The van der Waals surface area contributed by atoms with E-state index in [0.717, 1.165) is 16.7 Å². The Morgan fingerprint density at radius 3 is 2.25 bits per heavy atom. The Hall–Kier alpha value is -4.05. The van der Waals surface area contributed by atoms with Gasteiger partial charge in [-0.15, -0.1) is 0 Å². The quantitative estimate of drug-likeness (QED) is 0.277. The summed E-state index contributed by atoms with van der Waals surface area (Å²) in [5, 5.41) is 3.25. The van der Waals surface area contributed by atoms with Crippen molar-refractivity contribution in [1.29, 1.82) is 0 Å². The van der Waals surface area contributed by atoms with Gasteiger partial charge in [-0.2, -0.15) is 0 Å². The molecule has 0 unspecified atom stereocenters. The lowest BCUT2D eigenvalue weighted by molar-refractivity contribution is -0.120. The molecule has 184 valence electrons. The molecule has 1 N–H and O–H groups in total. The van der Waals surface area contributed by atoms with Gasteiger partial charge in [0.15, 0.2) is 5.16 Å². The van der Waals surface area contributed by atoms with Crippen LogP contribution in [0.15, 0.2) is 70.4 Å². The molecule has 0 atom stereocenters. The number of imide groups is 1. The predicted molar refractivity (Wildman–Crippen MR) is 134 cm³/mol. The average Bonchev–Trinajstić information content (AvgIpc) is 3.03. The second-order valence-electron chi connectivity index (χ2n) is 8.29. The van der Waals surface area contributed by atoms with E-state index in [0.29, 0.717) is 22.6 Å². The Kier molecular flexibility index (Phi) is 7.16. The van der Waals surface area contributed by atoms with E-state index in [1.165, 1.54) is 18.2 Å². The van der Waals surface area contributed by atoms with Crippen LogP contribution in [0.1, 0.15) is 35.6 Å². The van der Waals surface area contributed by atoms with Gasteiger partial charge in [0.2, 0.25) is 0 Å². The molecule has 1 aliphatic rings. The minimum atomic E-state index is -0.722. The van der Waals surface area contributed by atoms with Gasteiger partial charge in [0, 0.05) is 17.1 Å². The van der Waals surface area contributed by atoms with E-state index in [2.05, 4.69) is 15.3 Å². The first kappa shape index (κ1) is 25.1. The molecule has 1 aromatic heterocycles. The predicted octanol–water partition coefficient (Wildman–Crippen LogP) is 4.79. The Balaban J connectivity index is 1.70. The fraction of sp³-hybridized carbons (Fsp3) is 0.192. The number of aryl methyl sites for hydroxylation is 2. The summed E-state index contributed by atoms with van der Waals surface area (Å²) in [7, 11) is 0. The largest absolute Gasteiger partial charge is 0.459 e. The first-order valence-electron chi connectivity index (χ1n) is 11.1. The first-order chi connectivity index (χ1) is 17.1. The lowest BCUT2D eigenvalue weighted by Gasteiger charge is -2.16. The number of nitrogens with one attached hydrogen (secondary N) is 1. The van der Waals surface area contributed by atoms with Crippen LogP contribution in [0.5, 0.6) is 0 Å². The van der Waals surface area contributed by atoms with E-state index in [-0.39, 0.29) is 27.5 Å². The summed E-state index contributed by atoms with van der Waals surface area (Å²) in [5.74, 6) is -2.60. The van der Waals surface area contributed by atoms with Crippen molar-refractivity contribution in [3.05, 3.63) is 88.0 Å². The van der Waals surface area contributed by atoms with Gasteiger partial charge in [0.1, 0.15) is 16.4 Å². The maximum absolute atomic E-state index is 14.6. The molecule has 3 aromatic rings. The normalized spacial score (nSPS) is 13.6. The zero-order chi connectivity index (χ0) is 26.0. The number of hydrogen-bond acceptors (Lipinski definition) is 8. The number of benzene rings is 2. The average molecular weight is 507 g/mol. The summed E-state index contributed by atoms with van der Waals surface area (Å²) in [6.07, 6.45) is -0.265. The van der Waals surface area contributed by atoms with Crippen LogP contribution in [0.2, 0.25) is 0 Å². The number of rotatable bonds is 7. The number of amides is 2. The maximum atomic E-state index is 14.6. The molecule has 0 saturated heterocycles. The molecule has 10 heteroatoms. The van der Waals surface area contributed by atoms with Gasteiger partial charge in [0.25, 0.3) is 11.8 Å². The van der Waals surface area contributed by atoms with Crippen molar-refractivity contribution in [2.75, 3.05) is 10.2 Å². The van der Waals surface area contributed by atoms with Crippen LogP contribution in [0, 0.1) is 19.7 Å². The van der Waals surface area contributed by atoms with E-state index in [4.69, 9.17) is 4.74 Å². The number of para-hydroxylation sites is 1. The highest BCUT2D eigenvalue weighted by molar-refractivity contribution is 8.04. The monoisotopic (exact) mass is 506 g/mol. The Morgan fingerprint density at radius 1 is 1.00 bits per heavy atom. The molecule has 36 heavy (non-hydrogen) atoms. The fourth-order valence-electron chi connectivity index (χ4n) is 3.51. The third-order valence-corrected chi connectivity index (χ3v) is 5.97. The molecule has 0 fully saturated rings. The molecule has 0 aliphatic carbocycles. The van der Waals surface area contributed by atoms with E-state index >= 15 is 0 Å². The van der Waals surface area contributed by atoms with Gasteiger partial charge < -0.3 is 10.1 Å². The minimum absolute atomic E-state index is 0.0246. The molecule has 2 aromatic carbocycles. The van der Waals surface area contributed by atoms with Crippen molar-refractivity contribution in [2.24, 2.45) is 0 Å². The summed E-state index contributed by atoms with van der Waals surface area (Å²) in [6.45, 7) is 7.10. The van der Waals surface area contributed by atoms with Crippen molar-refractivity contribution in [3.63, 3.8) is 0 Å². The summed E-state index contributed by atoms with van der Waals surface area (Å²) in [4.78, 5) is 48.4. The van der Waals surface area contributed by atoms with Crippen LogP contribution < -0.4 is 10.2 Å². The lowest BCUT2D eigenvalue weighted by Crippen LogP contribution is -2.33. The Labute approximate surface area is 211 Å². The van der Waals surface area contributed by atoms with Gasteiger partial charge >= 0.3 is 5.97 Å². The van der Waals surface area contributed by atoms with E-state index in [9.17, 15) is 18.8 Å². The number of halogens is 1. The number of aromatic nitrogens is 2. The highest BCUT2D eigenvalue weighted by atomic mass is 32.2. The highest BCUT2D eigenvalue weighted by Crippen LogP contribution is 2.37. The summed E-state index contributed by atoms with van der Waals surface area (Å²) in [6, 6.07) is 13.6. The molecular weight excluding hydrogens is 483 g/mol. The molecule has 4 rings (SSSR count). The van der Waals surface area contributed by atoms with Crippen LogP contribution in [0.25, 0.3) is 0 Å². The van der Waals surface area contributed by atoms with Gasteiger partial charge in [0.05, 0.1) is 17.4 Å². The molecule has 0 bridgehead atoms. The first-order valence-corrected chi connectivity index (χ1v) is 11.9. The van der Waals surface area contributed by atoms with Gasteiger partial charge in [-0.1, -0.05) is 12.1 Å². The smallest absolute Gasteiger partial charge is 0.338 e. The van der Waals surface area contributed by atoms with Crippen molar-refractivity contribution in [1.82, 2.24) is 9.97 Å². The third-order valence-electron chi connectivity index (χ3n) is 5.02. The maximum Gasteiger partial charge on any atom is 0.338 e. The van der Waals surface area contributed by atoms with Crippen LogP contribution in [-0.2, 0) is 14.3 Å². The second kappa shape index (κ2) is 10.3. The molecule has 0 saturated carbocycles. The third kappa shape index (κ3) is 5.28. The van der Waals surface area contributed by atoms with Crippen LogP contribution >= 0.6 is 11.8 Å². The molecular formula is C26H23FN4O4S. The minimum Gasteiger partial charge on any atom is -0.459 e. The number of carbonyl (C=O) groups is 3. The molecule has 0 radical (unpaired) electrons. The standard InChI is InChI=1S/C26H23FN4O4S/c1-14(2)35-25(34)17-9-11-18(12-10-17)30-21-22(36-26-28-15(3)13-16(4)29-26)24(33)31(23(21)32)20-8-6-5-7-19(20)27/h5-14,30H,1-4H3. The van der Waals surface area contributed by atoms with E-state index in [1.54, 1.807) is 64.1 Å². The van der Waals surface area contributed by atoms with Crippen LogP contribution in [0.4, 0.5) is 15.8 Å². The Morgan fingerprint density at radius 2 is 1.64 bits per heavy atom. The lowest BCUT2D eigenvalue weighted by atomic mass is 10.2. The number of esters is 1. The number of hydrogen-bond donors (Lipinski definition) is 1. The molecule has 0 spiro atoms. The number of ether oxygens (including phenoxy) is 1. The molecule has 2 heterocycles. The van der Waals surface area contributed by atoms with Gasteiger partial charge in [-0.3, -0.25) is 9.59 Å². The van der Waals surface area contributed by atoms with Crippen molar-refractivity contribution in [2.45, 2.75) is 39.0 Å². The second-order valence-corrected chi connectivity index (χ2v) is 9.27. The van der Waals surface area contributed by atoms with Crippen LogP contribution in [0.3, 0.4) is 0 Å². The van der Waals surface area contributed by atoms with Crippen molar-refractivity contribution < 1.29 is 23.5 Å². The zero-order valence-electron chi connectivity index (χ0n) is 20.0. The zero-order valence-corrected chi connectivity index (χ0v) is 20.9. The van der Waals surface area contributed by atoms with Gasteiger partial charge in [-0.25, -0.2) is 24.1 Å². The SMILES string of the molecule is Cc1cc(C)nc(SC2=C(Nc3ccc(C(=O)OC(C)C)cc3)C(=O)N(c3ccccc3F)C2=O)n1. The topological polar surface area (TPSA) is 101 Å². The summed E-state index contributed by atoms with van der Waals surface area (Å²) < 4.78 is 19.7. The number of anilines is 2. The number of nitrogens with zero attached hydrogens (tertiary/aromatic N) is 3.